The summed E-state index contributed by atoms with van der Waals surface area (Å²) in [7, 11) is 0. The van der Waals surface area contributed by atoms with Crippen LogP contribution in [0.4, 0.5) is 0 Å². The topological polar surface area (TPSA) is 85.8 Å². The molecule has 19 heavy (non-hydrogen) atoms. The molecule has 1 aromatic heterocycles. The number of thioether (sulfide) groups is 1. The molecule has 0 aromatic carbocycles. The Hall–Kier alpha value is -1.08. The third-order valence-electron chi connectivity index (χ3n) is 3.25. The second-order valence-corrected chi connectivity index (χ2v) is 6.34. The third-order valence-corrected chi connectivity index (χ3v) is 4.49. The molecule has 1 fully saturated rings. The molecule has 106 valence electrons. The molecule has 2 atom stereocenters. The average Bonchev–Trinajstić information content (AvgIpc) is 2.99. The molecular formula is C12H21N5OS. The predicted molar refractivity (Wildman–Crippen MR) is 75.6 cm³/mol. The monoisotopic (exact) mass is 283 g/mol. The summed E-state index contributed by atoms with van der Waals surface area (Å²) in [6.45, 7) is 2.74. The van der Waals surface area contributed by atoms with Crippen LogP contribution in [-0.4, -0.2) is 37.9 Å². The van der Waals surface area contributed by atoms with Crippen molar-refractivity contribution in [3.63, 3.8) is 0 Å². The van der Waals surface area contributed by atoms with E-state index in [2.05, 4.69) is 22.6 Å². The minimum Gasteiger partial charge on any atom is -0.352 e. The number of aromatic nitrogens is 3. The van der Waals surface area contributed by atoms with Crippen molar-refractivity contribution < 1.29 is 4.79 Å². The van der Waals surface area contributed by atoms with Crippen molar-refractivity contribution in [1.82, 2.24) is 20.3 Å². The SMILES string of the molecule is CCSC1CCC(NC(=O)Cn2cc(CN)nn2)C1. The standard InChI is InChI=1S/C12H21N5OS/c1-2-19-11-4-3-9(5-11)14-12(18)8-17-7-10(6-13)15-16-17/h7,9,11H,2-6,8,13H2,1H3,(H,14,18). The number of hydrogen-bond donors (Lipinski definition) is 2. The van der Waals surface area contributed by atoms with Crippen LogP contribution >= 0.6 is 11.8 Å². The van der Waals surface area contributed by atoms with Gasteiger partial charge in [-0.3, -0.25) is 4.79 Å². The summed E-state index contributed by atoms with van der Waals surface area (Å²) in [6, 6.07) is 0.314. The third kappa shape index (κ3) is 4.21. The molecule has 1 saturated carbocycles. The molecule has 0 aliphatic heterocycles. The molecule has 1 amide bonds. The van der Waals surface area contributed by atoms with Crippen LogP contribution in [0.25, 0.3) is 0 Å². The van der Waals surface area contributed by atoms with E-state index in [-0.39, 0.29) is 12.5 Å². The Morgan fingerprint density at radius 3 is 3.16 bits per heavy atom. The Morgan fingerprint density at radius 1 is 1.63 bits per heavy atom. The van der Waals surface area contributed by atoms with Gasteiger partial charge in [0.25, 0.3) is 0 Å². The lowest BCUT2D eigenvalue weighted by Gasteiger charge is -2.12. The molecule has 0 saturated heterocycles. The largest absolute Gasteiger partial charge is 0.352 e. The van der Waals surface area contributed by atoms with E-state index in [9.17, 15) is 4.79 Å². The van der Waals surface area contributed by atoms with Gasteiger partial charge in [-0.05, 0) is 25.0 Å². The van der Waals surface area contributed by atoms with Gasteiger partial charge in [0.05, 0.1) is 11.9 Å². The van der Waals surface area contributed by atoms with E-state index in [1.165, 1.54) is 11.1 Å². The fourth-order valence-corrected chi connectivity index (χ4v) is 3.53. The van der Waals surface area contributed by atoms with Gasteiger partial charge < -0.3 is 11.1 Å². The molecule has 7 heteroatoms. The zero-order valence-corrected chi connectivity index (χ0v) is 12.0. The molecule has 6 nitrogen and oxygen atoms in total. The van der Waals surface area contributed by atoms with Crippen molar-refractivity contribution in [2.24, 2.45) is 5.73 Å². The smallest absolute Gasteiger partial charge is 0.242 e. The Balaban J connectivity index is 1.75. The summed E-state index contributed by atoms with van der Waals surface area (Å²) in [5, 5.41) is 11.5. The van der Waals surface area contributed by atoms with Crippen molar-refractivity contribution >= 4 is 17.7 Å². The van der Waals surface area contributed by atoms with Gasteiger partial charge in [0.2, 0.25) is 5.91 Å². The van der Waals surface area contributed by atoms with Crippen LogP contribution < -0.4 is 11.1 Å². The summed E-state index contributed by atoms with van der Waals surface area (Å²) in [6.07, 6.45) is 5.07. The van der Waals surface area contributed by atoms with Crippen LogP contribution in [-0.2, 0) is 17.9 Å². The zero-order chi connectivity index (χ0) is 13.7. The lowest BCUT2D eigenvalue weighted by Crippen LogP contribution is -2.35. The fourth-order valence-electron chi connectivity index (χ4n) is 2.39. The highest BCUT2D eigenvalue weighted by molar-refractivity contribution is 7.99. The van der Waals surface area contributed by atoms with Crippen LogP contribution in [0.15, 0.2) is 6.20 Å². The van der Waals surface area contributed by atoms with Crippen LogP contribution in [0.2, 0.25) is 0 Å². The molecule has 1 heterocycles. The normalized spacial score (nSPS) is 22.6. The van der Waals surface area contributed by atoms with Crippen LogP contribution in [0.1, 0.15) is 31.9 Å². The summed E-state index contributed by atoms with van der Waals surface area (Å²) < 4.78 is 1.53. The Kier molecular flexibility index (Phi) is 5.21. The summed E-state index contributed by atoms with van der Waals surface area (Å²) >= 11 is 1.99. The van der Waals surface area contributed by atoms with Crippen molar-refractivity contribution in [1.29, 1.82) is 0 Å². The Morgan fingerprint density at radius 2 is 2.47 bits per heavy atom. The number of carbonyl (C=O) groups is 1. The lowest BCUT2D eigenvalue weighted by molar-refractivity contribution is -0.122. The zero-order valence-electron chi connectivity index (χ0n) is 11.2. The first-order valence-electron chi connectivity index (χ1n) is 6.71. The molecule has 2 unspecified atom stereocenters. The molecule has 1 aromatic rings. The van der Waals surface area contributed by atoms with Gasteiger partial charge in [-0.25, -0.2) is 4.68 Å². The van der Waals surface area contributed by atoms with E-state index >= 15 is 0 Å². The summed E-state index contributed by atoms with van der Waals surface area (Å²) in [5.74, 6) is 1.15. The molecule has 0 spiro atoms. The minimum atomic E-state index is 0.000574. The van der Waals surface area contributed by atoms with Crippen molar-refractivity contribution in [3.8, 4) is 0 Å². The van der Waals surface area contributed by atoms with Gasteiger partial charge in [0.15, 0.2) is 0 Å². The summed E-state index contributed by atoms with van der Waals surface area (Å²) in [5.41, 5.74) is 6.15. The first-order chi connectivity index (χ1) is 9.21. The fraction of sp³-hybridized carbons (Fsp3) is 0.750. The minimum absolute atomic E-state index is 0.000574. The number of amides is 1. The lowest BCUT2D eigenvalue weighted by atomic mass is 10.2. The number of carbonyl (C=O) groups excluding carboxylic acids is 1. The van der Waals surface area contributed by atoms with E-state index in [0.29, 0.717) is 23.5 Å². The highest BCUT2D eigenvalue weighted by Gasteiger charge is 2.25. The van der Waals surface area contributed by atoms with Gasteiger partial charge >= 0.3 is 0 Å². The maximum atomic E-state index is 11.9. The van der Waals surface area contributed by atoms with Gasteiger partial charge in [0, 0.05) is 17.8 Å². The number of nitrogens with two attached hydrogens (primary N) is 1. The van der Waals surface area contributed by atoms with E-state index in [1.807, 2.05) is 11.8 Å². The van der Waals surface area contributed by atoms with E-state index in [4.69, 9.17) is 5.73 Å². The molecule has 1 aliphatic rings. The first-order valence-corrected chi connectivity index (χ1v) is 7.76. The molecule has 2 rings (SSSR count). The Labute approximate surface area is 117 Å². The number of hydrogen-bond acceptors (Lipinski definition) is 5. The predicted octanol–water partition coefficient (Wildman–Crippen LogP) is 0.527. The van der Waals surface area contributed by atoms with Gasteiger partial charge in [-0.1, -0.05) is 12.1 Å². The highest BCUT2D eigenvalue weighted by atomic mass is 32.2. The van der Waals surface area contributed by atoms with E-state index in [1.54, 1.807) is 6.20 Å². The number of nitrogens with one attached hydrogen (secondary N) is 1. The Bertz CT molecular complexity index is 422. The van der Waals surface area contributed by atoms with Crippen molar-refractivity contribution in [3.05, 3.63) is 11.9 Å². The quantitative estimate of drug-likeness (QED) is 0.795. The second kappa shape index (κ2) is 6.91. The molecule has 3 N–H and O–H groups in total. The first kappa shape index (κ1) is 14.3. The number of nitrogens with zero attached hydrogens (tertiary/aromatic N) is 3. The van der Waals surface area contributed by atoms with Gasteiger partial charge in [-0.2, -0.15) is 11.8 Å². The maximum Gasteiger partial charge on any atom is 0.242 e. The van der Waals surface area contributed by atoms with Gasteiger partial charge in [0.1, 0.15) is 6.54 Å². The van der Waals surface area contributed by atoms with Crippen LogP contribution in [0, 0.1) is 0 Å². The molecule has 0 bridgehead atoms. The highest BCUT2D eigenvalue weighted by Crippen LogP contribution is 2.29. The molecular weight excluding hydrogens is 262 g/mol. The average molecular weight is 283 g/mol. The van der Waals surface area contributed by atoms with E-state index in [0.717, 1.165) is 18.6 Å². The number of rotatable bonds is 6. The molecule has 0 radical (unpaired) electrons. The van der Waals surface area contributed by atoms with Crippen molar-refractivity contribution in [2.45, 2.75) is 50.6 Å². The second-order valence-electron chi connectivity index (χ2n) is 4.77. The van der Waals surface area contributed by atoms with Crippen molar-refractivity contribution in [2.75, 3.05) is 5.75 Å². The van der Waals surface area contributed by atoms with Crippen LogP contribution in [0.5, 0.6) is 0 Å². The molecule has 1 aliphatic carbocycles. The van der Waals surface area contributed by atoms with E-state index < -0.39 is 0 Å². The summed E-state index contributed by atoms with van der Waals surface area (Å²) in [4.78, 5) is 11.9. The van der Waals surface area contributed by atoms with Crippen LogP contribution in [0.3, 0.4) is 0 Å². The van der Waals surface area contributed by atoms with Gasteiger partial charge in [-0.15, -0.1) is 5.10 Å². The maximum absolute atomic E-state index is 11.9.